The van der Waals surface area contributed by atoms with Gasteiger partial charge in [-0.15, -0.1) is 0 Å². The Morgan fingerprint density at radius 3 is 2.88 bits per heavy atom. The highest BCUT2D eigenvalue weighted by Gasteiger charge is 2.09. The van der Waals surface area contributed by atoms with Crippen LogP contribution in [0, 0.1) is 12.7 Å². The highest BCUT2D eigenvalue weighted by atomic mass is 19.1. The SMILES string of the molecule is Cc1nccc(Oc2cccc(F)c2CN)n1. The molecule has 0 unspecified atom stereocenters. The zero-order chi connectivity index (χ0) is 12.3. The average molecular weight is 233 g/mol. The van der Waals surface area contributed by atoms with Crippen molar-refractivity contribution in [1.82, 2.24) is 9.97 Å². The van der Waals surface area contributed by atoms with Crippen molar-refractivity contribution in [3.8, 4) is 11.6 Å². The fraction of sp³-hybridized carbons (Fsp3) is 0.167. The second-order valence-corrected chi connectivity index (χ2v) is 3.46. The summed E-state index contributed by atoms with van der Waals surface area (Å²) in [6, 6.07) is 6.18. The largest absolute Gasteiger partial charge is 0.438 e. The zero-order valence-corrected chi connectivity index (χ0v) is 9.35. The van der Waals surface area contributed by atoms with Crippen LogP contribution in [-0.4, -0.2) is 9.97 Å². The number of hydrogen-bond donors (Lipinski definition) is 1. The molecule has 0 aliphatic carbocycles. The van der Waals surface area contributed by atoms with Gasteiger partial charge in [-0.05, 0) is 19.1 Å². The molecule has 0 fully saturated rings. The summed E-state index contributed by atoms with van der Waals surface area (Å²) in [5.41, 5.74) is 5.82. The third-order valence-corrected chi connectivity index (χ3v) is 2.25. The van der Waals surface area contributed by atoms with Gasteiger partial charge in [-0.3, -0.25) is 0 Å². The number of aryl methyl sites for hydroxylation is 1. The molecule has 2 rings (SSSR count). The van der Waals surface area contributed by atoms with E-state index in [0.717, 1.165) is 0 Å². The first-order valence-corrected chi connectivity index (χ1v) is 5.15. The summed E-state index contributed by atoms with van der Waals surface area (Å²) in [5, 5.41) is 0. The Labute approximate surface area is 98.3 Å². The fourth-order valence-electron chi connectivity index (χ4n) is 1.44. The Morgan fingerprint density at radius 1 is 1.35 bits per heavy atom. The molecule has 0 saturated heterocycles. The Balaban J connectivity index is 2.33. The number of halogens is 1. The van der Waals surface area contributed by atoms with Crippen molar-refractivity contribution in [2.75, 3.05) is 0 Å². The lowest BCUT2D eigenvalue weighted by molar-refractivity contribution is 0.447. The van der Waals surface area contributed by atoms with E-state index >= 15 is 0 Å². The minimum atomic E-state index is -0.379. The summed E-state index contributed by atoms with van der Waals surface area (Å²) in [6.45, 7) is 1.83. The van der Waals surface area contributed by atoms with Crippen LogP contribution >= 0.6 is 0 Å². The van der Waals surface area contributed by atoms with E-state index in [4.69, 9.17) is 10.5 Å². The molecule has 17 heavy (non-hydrogen) atoms. The molecule has 0 amide bonds. The van der Waals surface area contributed by atoms with Gasteiger partial charge in [0.25, 0.3) is 0 Å². The van der Waals surface area contributed by atoms with Crippen LogP contribution in [0.25, 0.3) is 0 Å². The summed E-state index contributed by atoms with van der Waals surface area (Å²) < 4.78 is 18.9. The standard InChI is InChI=1S/C12H12FN3O/c1-8-15-6-5-12(16-8)17-11-4-2-3-10(13)9(11)7-14/h2-6H,7,14H2,1H3. The lowest BCUT2D eigenvalue weighted by atomic mass is 10.2. The van der Waals surface area contributed by atoms with Crippen molar-refractivity contribution in [2.45, 2.75) is 13.5 Å². The molecule has 1 aromatic carbocycles. The van der Waals surface area contributed by atoms with Gasteiger partial charge in [-0.25, -0.2) is 9.37 Å². The van der Waals surface area contributed by atoms with Crippen LogP contribution < -0.4 is 10.5 Å². The predicted molar refractivity (Wildman–Crippen MR) is 61.1 cm³/mol. The summed E-state index contributed by atoms with van der Waals surface area (Å²) in [7, 11) is 0. The van der Waals surface area contributed by atoms with E-state index in [1.165, 1.54) is 6.07 Å². The minimum Gasteiger partial charge on any atom is -0.438 e. The molecule has 88 valence electrons. The third kappa shape index (κ3) is 2.57. The first kappa shape index (κ1) is 11.5. The van der Waals surface area contributed by atoms with Crippen LogP contribution in [0.15, 0.2) is 30.5 Å². The summed E-state index contributed by atoms with van der Waals surface area (Å²) in [5.74, 6) is 0.965. The van der Waals surface area contributed by atoms with E-state index in [-0.39, 0.29) is 12.4 Å². The van der Waals surface area contributed by atoms with Crippen molar-refractivity contribution in [3.63, 3.8) is 0 Å². The van der Waals surface area contributed by atoms with Crippen molar-refractivity contribution in [2.24, 2.45) is 5.73 Å². The zero-order valence-electron chi connectivity index (χ0n) is 9.35. The van der Waals surface area contributed by atoms with Crippen molar-refractivity contribution < 1.29 is 9.13 Å². The lowest BCUT2D eigenvalue weighted by Gasteiger charge is -2.09. The topological polar surface area (TPSA) is 61.0 Å². The molecule has 5 heteroatoms. The first-order valence-electron chi connectivity index (χ1n) is 5.15. The maximum absolute atomic E-state index is 13.4. The van der Waals surface area contributed by atoms with E-state index < -0.39 is 0 Å². The second kappa shape index (κ2) is 4.88. The molecule has 0 aliphatic rings. The molecule has 0 radical (unpaired) electrons. The van der Waals surface area contributed by atoms with Gasteiger partial charge in [0.05, 0.1) is 0 Å². The number of ether oxygens (including phenoxy) is 1. The van der Waals surface area contributed by atoms with Crippen molar-refractivity contribution >= 4 is 0 Å². The van der Waals surface area contributed by atoms with E-state index in [9.17, 15) is 4.39 Å². The molecule has 0 bridgehead atoms. The first-order chi connectivity index (χ1) is 8.20. The molecular formula is C12H12FN3O. The molecule has 2 aromatic rings. The average Bonchev–Trinajstić information content (AvgIpc) is 2.29. The number of nitrogens with zero attached hydrogens (tertiary/aromatic N) is 2. The van der Waals surface area contributed by atoms with E-state index in [1.807, 2.05) is 0 Å². The molecule has 1 aromatic heterocycles. The van der Waals surface area contributed by atoms with Gasteiger partial charge < -0.3 is 10.5 Å². The second-order valence-electron chi connectivity index (χ2n) is 3.46. The number of nitrogens with two attached hydrogens (primary N) is 1. The number of rotatable bonds is 3. The van der Waals surface area contributed by atoms with Crippen molar-refractivity contribution in [1.29, 1.82) is 0 Å². The summed E-state index contributed by atoms with van der Waals surface area (Å²) >= 11 is 0. The molecule has 2 N–H and O–H groups in total. The van der Waals surface area contributed by atoms with Crippen LogP contribution in [-0.2, 0) is 6.54 Å². The quantitative estimate of drug-likeness (QED) is 0.882. The minimum absolute atomic E-state index is 0.0755. The number of hydrogen-bond acceptors (Lipinski definition) is 4. The fourth-order valence-corrected chi connectivity index (χ4v) is 1.44. The van der Waals surface area contributed by atoms with Gasteiger partial charge in [-0.2, -0.15) is 4.98 Å². The molecule has 0 aliphatic heterocycles. The number of aromatic nitrogens is 2. The van der Waals surface area contributed by atoms with Gasteiger partial charge in [-0.1, -0.05) is 6.07 Å². The maximum Gasteiger partial charge on any atom is 0.222 e. The van der Waals surface area contributed by atoms with E-state index in [2.05, 4.69) is 9.97 Å². The van der Waals surface area contributed by atoms with Crippen LogP contribution in [0.2, 0.25) is 0 Å². The van der Waals surface area contributed by atoms with Crippen LogP contribution in [0.1, 0.15) is 11.4 Å². The highest BCUT2D eigenvalue weighted by Crippen LogP contribution is 2.25. The Kier molecular flexibility index (Phi) is 3.30. The number of benzene rings is 1. The van der Waals surface area contributed by atoms with Crippen LogP contribution in [0.3, 0.4) is 0 Å². The lowest BCUT2D eigenvalue weighted by Crippen LogP contribution is -2.03. The summed E-state index contributed by atoms with van der Waals surface area (Å²) in [4.78, 5) is 8.03. The monoisotopic (exact) mass is 233 g/mol. The predicted octanol–water partition coefficient (Wildman–Crippen LogP) is 2.18. The normalized spacial score (nSPS) is 10.3. The smallest absolute Gasteiger partial charge is 0.222 e. The molecule has 4 nitrogen and oxygen atoms in total. The third-order valence-electron chi connectivity index (χ3n) is 2.25. The van der Waals surface area contributed by atoms with Gasteiger partial charge in [0.1, 0.15) is 17.4 Å². The molecule has 1 heterocycles. The molecule has 0 spiro atoms. The van der Waals surface area contributed by atoms with Gasteiger partial charge >= 0.3 is 0 Å². The highest BCUT2D eigenvalue weighted by molar-refractivity contribution is 5.36. The maximum atomic E-state index is 13.4. The Bertz CT molecular complexity index is 531. The van der Waals surface area contributed by atoms with Crippen LogP contribution in [0.5, 0.6) is 11.6 Å². The van der Waals surface area contributed by atoms with Gasteiger partial charge in [0.2, 0.25) is 5.88 Å². The Morgan fingerprint density at radius 2 is 2.18 bits per heavy atom. The summed E-state index contributed by atoms with van der Waals surface area (Å²) in [6.07, 6.45) is 1.58. The van der Waals surface area contributed by atoms with E-state index in [0.29, 0.717) is 23.0 Å². The molecular weight excluding hydrogens is 221 g/mol. The van der Waals surface area contributed by atoms with E-state index in [1.54, 1.807) is 31.3 Å². The molecule has 0 atom stereocenters. The van der Waals surface area contributed by atoms with Crippen LogP contribution in [0.4, 0.5) is 4.39 Å². The molecule has 0 saturated carbocycles. The van der Waals surface area contributed by atoms with Gasteiger partial charge in [0, 0.05) is 24.4 Å². The Hall–Kier alpha value is -2.01. The van der Waals surface area contributed by atoms with Gasteiger partial charge in [0.15, 0.2) is 0 Å². The van der Waals surface area contributed by atoms with Crippen molar-refractivity contribution in [3.05, 3.63) is 47.7 Å².